The molecule has 1 aliphatic rings. The first-order valence-electron chi connectivity index (χ1n) is 4.93. The molecule has 4 nitrogen and oxygen atoms in total. The number of sulfonamides is 1. The molecule has 1 rings (SSSR count). The average Bonchev–Trinajstić information content (AvgIpc) is 2.16. The Balaban J connectivity index is 2.36. The number of hydrogen-bond donors (Lipinski definition) is 2. The number of rotatable bonds is 5. The molecule has 0 amide bonds. The van der Waals surface area contributed by atoms with E-state index < -0.39 is 10.0 Å². The van der Waals surface area contributed by atoms with Crippen molar-refractivity contribution in [2.24, 2.45) is 5.92 Å². The van der Waals surface area contributed by atoms with Gasteiger partial charge in [-0.1, -0.05) is 6.08 Å². The van der Waals surface area contributed by atoms with Crippen molar-refractivity contribution < 1.29 is 8.42 Å². The molecule has 2 N–H and O–H groups in total. The molecule has 0 aromatic carbocycles. The molecule has 0 bridgehead atoms. The van der Waals surface area contributed by atoms with Crippen LogP contribution < -0.4 is 10.0 Å². The summed E-state index contributed by atoms with van der Waals surface area (Å²) in [7, 11) is -3.09. The van der Waals surface area contributed by atoms with Crippen LogP contribution in [0.4, 0.5) is 0 Å². The third kappa shape index (κ3) is 4.21. The third-order valence-corrected chi connectivity index (χ3v) is 3.88. The van der Waals surface area contributed by atoms with Crippen molar-refractivity contribution in [3.05, 3.63) is 12.7 Å². The second-order valence-corrected chi connectivity index (χ2v) is 5.46. The fourth-order valence-corrected chi connectivity index (χ4v) is 3.05. The van der Waals surface area contributed by atoms with Crippen LogP contribution in [0.15, 0.2) is 12.7 Å². The molecule has 1 heterocycles. The van der Waals surface area contributed by atoms with Gasteiger partial charge in [0.25, 0.3) is 0 Å². The maximum absolute atomic E-state index is 11.5. The van der Waals surface area contributed by atoms with E-state index in [1.165, 1.54) is 0 Å². The van der Waals surface area contributed by atoms with Crippen molar-refractivity contribution in [2.75, 3.05) is 25.4 Å². The van der Waals surface area contributed by atoms with Crippen molar-refractivity contribution in [1.82, 2.24) is 10.0 Å². The molecule has 1 aliphatic heterocycles. The summed E-state index contributed by atoms with van der Waals surface area (Å²) in [6.07, 6.45) is 3.46. The standard InChI is InChI=1S/C9H18N2O2S/c1-2-5-11-14(12,13)8-9-3-6-10-7-4-9/h2,9-11H,1,3-8H2. The Kier molecular flexibility index (Phi) is 4.57. The smallest absolute Gasteiger partial charge is 0.212 e. The molecule has 5 heteroatoms. The van der Waals surface area contributed by atoms with Gasteiger partial charge in [-0.2, -0.15) is 0 Å². The zero-order valence-corrected chi connectivity index (χ0v) is 9.15. The number of hydrogen-bond acceptors (Lipinski definition) is 3. The van der Waals surface area contributed by atoms with Gasteiger partial charge in [-0.15, -0.1) is 6.58 Å². The molecule has 0 aromatic heterocycles. The van der Waals surface area contributed by atoms with Gasteiger partial charge in [0.2, 0.25) is 10.0 Å². The van der Waals surface area contributed by atoms with Crippen LogP contribution in [-0.2, 0) is 10.0 Å². The van der Waals surface area contributed by atoms with Crippen molar-refractivity contribution in [1.29, 1.82) is 0 Å². The largest absolute Gasteiger partial charge is 0.317 e. The van der Waals surface area contributed by atoms with Gasteiger partial charge in [-0.25, -0.2) is 13.1 Å². The Bertz CT molecular complexity index is 269. The first-order valence-corrected chi connectivity index (χ1v) is 6.58. The van der Waals surface area contributed by atoms with Crippen LogP contribution in [0.5, 0.6) is 0 Å². The van der Waals surface area contributed by atoms with Gasteiger partial charge >= 0.3 is 0 Å². The Morgan fingerprint density at radius 1 is 1.43 bits per heavy atom. The summed E-state index contributed by atoms with van der Waals surface area (Å²) in [5.41, 5.74) is 0. The van der Waals surface area contributed by atoms with Gasteiger partial charge in [0.15, 0.2) is 0 Å². The van der Waals surface area contributed by atoms with E-state index in [2.05, 4.69) is 16.6 Å². The lowest BCUT2D eigenvalue weighted by Crippen LogP contribution is -2.35. The summed E-state index contributed by atoms with van der Waals surface area (Å²) in [6, 6.07) is 0. The van der Waals surface area contributed by atoms with E-state index in [-0.39, 0.29) is 5.75 Å². The predicted molar refractivity (Wildman–Crippen MR) is 57.6 cm³/mol. The minimum Gasteiger partial charge on any atom is -0.317 e. The first kappa shape index (κ1) is 11.7. The lowest BCUT2D eigenvalue weighted by Gasteiger charge is -2.22. The van der Waals surface area contributed by atoms with E-state index in [1.54, 1.807) is 6.08 Å². The normalized spacial score (nSPS) is 19.4. The van der Waals surface area contributed by atoms with Crippen molar-refractivity contribution >= 4 is 10.0 Å². The molecule has 82 valence electrons. The second-order valence-electron chi connectivity index (χ2n) is 3.61. The van der Waals surface area contributed by atoms with E-state index in [0.717, 1.165) is 25.9 Å². The van der Waals surface area contributed by atoms with Crippen LogP contribution in [-0.4, -0.2) is 33.8 Å². The van der Waals surface area contributed by atoms with Crippen molar-refractivity contribution in [3.8, 4) is 0 Å². The van der Waals surface area contributed by atoms with E-state index in [4.69, 9.17) is 0 Å². The van der Waals surface area contributed by atoms with Gasteiger partial charge in [0, 0.05) is 6.54 Å². The SMILES string of the molecule is C=CCNS(=O)(=O)CC1CCNCC1. The second kappa shape index (κ2) is 5.48. The van der Waals surface area contributed by atoms with Gasteiger partial charge in [-0.3, -0.25) is 0 Å². The molecule has 1 fully saturated rings. The Labute approximate surface area is 85.8 Å². The van der Waals surface area contributed by atoms with Gasteiger partial charge in [-0.05, 0) is 31.8 Å². The lowest BCUT2D eigenvalue weighted by atomic mass is 10.0. The highest BCUT2D eigenvalue weighted by atomic mass is 32.2. The van der Waals surface area contributed by atoms with Crippen LogP contribution in [0, 0.1) is 5.92 Å². The number of nitrogens with one attached hydrogen (secondary N) is 2. The Morgan fingerprint density at radius 3 is 2.64 bits per heavy atom. The fraction of sp³-hybridized carbons (Fsp3) is 0.778. The molecule has 0 radical (unpaired) electrons. The quantitative estimate of drug-likeness (QED) is 0.643. The van der Waals surface area contributed by atoms with E-state index in [1.807, 2.05) is 0 Å². The molecule has 1 saturated heterocycles. The highest BCUT2D eigenvalue weighted by Crippen LogP contribution is 2.13. The summed E-state index contributed by atoms with van der Waals surface area (Å²) in [5.74, 6) is 0.557. The molecule has 0 saturated carbocycles. The fourth-order valence-electron chi connectivity index (χ4n) is 1.60. The monoisotopic (exact) mass is 218 g/mol. The maximum Gasteiger partial charge on any atom is 0.212 e. The minimum absolute atomic E-state index is 0.252. The molecule has 14 heavy (non-hydrogen) atoms. The lowest BCUT2D eigenvalue weighted by molar-refractivity contribution is 0.400. The van der Waals surface area contributed by atoms with Crippen LogP contribution >= 0.6 is 0 Å². The zero-order chi connectivity index (χ0) is 10.4. The Hall–Kier alpha value is -0.390. The van der Waals surface area contributed by atoms with Crippen LogP contribution in [0.1, 0.15) is 12.8 Å². The van der Waals surface area contributed by atoms with Crippen LogP contribution in [0.3, 0.4) is 0 Å². The van der Waals surface area contributed by atoms with Crippen LogP contribution in [0.25, 0.3) is 0 Å². The molecule has 0 aliphatic carbocycles. The topological polar surface area (TPSA) is 58.2 Å². The van der Waals surface area contributed by atoms with Gasteiger partial charge in [0.05, 0.1) is 5.75 Å². The summed E-state index contributed by atoms with van der Waals surface area (Å²) < 4.78 is 25.4. The molecular weight excluding hydrogens is 200 g/mol. The van der Waals surface area contributed by atoms with E-state index in [0.29, 0.717) is 12.5 Å². The van der Waals surface area contributed by atoms with Gasteiger partial charge < -0.3 is 5.32 Å². The molecular formula is C9H18N2O2S. The summed E-state index contributed by atoms with van der Waals surface area (Å²) in [6.45, 7) is 5.66. The molecule has 0 unspecified atom stereocenters. The van der Waals surface area contributed by atoms with E-state index >= 15 is 0 Å². The minimum atomic E-state index is -3.09. The summed E-state index contributed by atoms with van der Waals surface area (Å²) in [5, 5.41) is 3.21. The maximum atomic E-state index is 11.5. The average molecular weight is 218 g/mol. The van der Waals surface area contributed by atoms with Crippen LogP contribution in [0.2, 0.25) is 0 Å². The Morgan fingerprint density at radius 2 is 2.07 bits per heavy atom. The van der Waals surface area contributed by atoms with Crippen molar-refractivity contribution in [2.45, 2.75) is 12.8 Å². The predicted octanol–water partition coefficient (Wildman–Crippen LogP) is 0.0914. The zero-order valence-electron chi connectivity index (χ0n) is 8.33. The summed E-state index contributed by atoms with van der Waals surface area (Å²) >= 11 is 0. The summed E-state index contributed by atoms with van der Waals surface area (Å²) in [4.78, 5) is 0. The molecule has 0 spiro atoms. The third-order valence-electron chi connectivity index (χ3n) is 2.36. The van der Waals surface area contributed by atoms with Crippen molar-refractivity contribution in [3.63, 3.8) is 0 Å². The van der Waals surface area contributed by atoms with E-state index in [9.17, 15) is 8.42 Å². The molecule has 0 aromatic rings. The highest BCUT2D eigenvalue weighted by molar-refractivity contribution is 7.89. The molecule has 0 atom stereocenters. The number of piperidine rings is 1. The first-order chi connectivity index (χ1) is 6.64. The van der Waals surface area contributed by atoms with Gasteiger partial charge in [0.1, 0.15) is 0 Å². The highest BCUT2D eigenvalue weighted by Gasteiger charge is 2.20.